The van der Waals surface area contributed by atoms with Gasteiger partial charge in [0.25, 0.3) is 5.91 Å². The van der Waals surface area contributed by atoms with Crippen molar-refractivity contribution in [3.63, 3.8) is 0 Å². The number of nitrogens with zero attached hydrogens (tertiary/aromatic N) is 2. The second-order valence-electron chi connectivity index (χ2n) is 4.84. The van der Waals surface area contributed by atoms with Crippen LogP contribution in [0.4, 0.5) is 5.95 Å². The summed E-state index contributed by atoms with van der Waals surface area (Å²) < 4.78 is 10.9. The first-order chi connectivity index (χ1) is 11.0. The quantitative estimate of drug-likeness (QED) is 0.428. The fourth-order valence-electron chi connectivity index (χ4n) is 2.18. The van der Waals surface area contributed by atoms with Crippen molar-refractivity contribution in [2.24, 2.45) is 5.84 Å². The average Bonchev–Trinajstić information content (AvgIpc) is 2.54. The second-order valence-corrected chi connectivity index (χ2v) is 4.84. The number of anilines is 1. The van der Waals surface area contributed by atoms with Crippen molar-refractivity contribution in [1.29, 1.82) is 0 Å². The van der Waals surface area contributed by atoms with Gasteiger partial charge in [0.05, 0.1) is 24.1 Å². The van der Waals surface area contributed by atoms with Crippen LogP contribution in [0.15, 0.2) is 24.3 Å². The van der Waals surface area contributed by atoms with Gasteiger partial charge in [0.15, 0.2) is 0 Å². The van der Waals surface area contributed by atoms with Gasteiger partial charge in [-0.2, -0.15) is 0 Å². The molecule has 1 amide bonds. The molecule has 0 fully saturated rings. The topological polar surface area (TPSA) is 125 Å². The summed E-state index contributed by atoms with van der Waals surface area (Å²) in [5.74, 6) is 6.11. The number of carbonyl (C=O) groups excluding carboxylic acids is 1. The van der Waals surface area contributed by atoms with Gasteiger partial charge in [-0.25, -0.2) is 15.8 Å². The number of amides is 1. The van der Waals surface area contributed by atoms with Crippen LogP contribution < -0.4 is 26.5 Å². The first-order valence-corrected chi connectivity index (χ1v) is 6.92. The smallest absolute Gasteiger partial charge is 0.269 e. The van der Waals surface area contributed by atoms with Crippen molar-refractivity contribution in [1.82, 2.24) is 15.4 Å². The molecule has 1 aromatic heterocycles. The minimum atomic E-state index is -0.528. The fraction of sp³-hybridized carbons (Fsp3) is 0.267. The van der Waals surface area contributed by atoms with Crippen LogP contribution in [0.3, 0.4) is 0 Å². The van der Waals surface area contributed by atoms with Gasteiger partial charge in [0.2, 0.25) is 5.95 Å². The van der Waals surface area contributed by atoms with Crippen LogP contribution in [0.5, 0.6) is 11.5 Å². The van der Waals surface area contributed by atoms with Crippen molar-refractivity contribution >= 4 is 11.9 Å². The third kappa shape index (κ3) is 3.67. The maximum absolute atomic E-state index is 12.0. The molecule has 0 aliphatic rings. The van der Waals surface area contributed by atoms with Crippen LogP contribution in [0.1, 0.15) is 34.8 Å². The predicted molar refractivity (Wildman–Crippen MR) is 84.9 cm³/mol. The number of aryl methyl sites for hydroxylation is 1. The lowest BCUT2D eigenvalue weighted by atomic mass is 10.1. The van der Waals surface area contributed by atoms with Crippen molar-refractivity contribution in [3.8, 4) is 11.5 Å². The van der Waals surface area contributed by atoms with Gasteiger partial charge >= 0.3 is 0 Å². The number of nitrogens with two attached hydrogens (primary N) is 2. The van der Waals surface area contributed by atoms with Crippen molar-refractivity contribution in [2.75, 3.05) is 12.8 Å². The number of ether oxygens (including phenoxy) is 2. The molecule has 0 saturated carbocycles. The third-order valence-electron chi connectivity index (χ3n) is 3.25. The molecular formula is C15H19N5O3. The lowest BCUT2D eigenvalue weighted by Gasteiger charge is -2.18. The number of benzene rings is 1. The van der Waals surface area contributed by atoms with Crippen LogP contribution in [0.2, 0.25) is 0 Å². The average molecular weight is 317 g/mol. The van der Waals surface area contributed by atoms with E-state index in [1.54, 1.807) is 45.2 Å². The zero-order valence-corrected chi connectivity index (χ0v) is 13.2. The van der Waals surface area contributed by atoms with Gasteiger partial charge < -0.3 is 15.2 Å². The van der Waals surface area contributed by atoms with Crippen LogP contribution in [0, 0.1) is 6.92 Å². The summed E-state index contributed by atoms with van der Waals surface area (Å²) >= 11 is 0. The molecule has 0 radical (unpaired) electrons. The van der Waals surface area contributed by atoms with Gasteiger partial charge in [-0.05, 0) is 38.1 Å². The van der Waals surface area contributed by atoms with E-state index in [-0.39, 0.29) is 11.5 Å². The summed E-state index contributed by atoms with van der Waals surface area (Å²) in [7, 11) is 1.59. The van der Waals surface area contributed by atoms with Gasteiger partial charge in [0.1, 0.15) is 17.6 Å². The Labute approximate surface area is 133 Å². The highest BCUT2D eigenvalue weighted by atomic mass is 16.5. The second kappa shape index (κ2) is 6.93. The number of nitrogens with one attached hydrogen (secondary N) is 1. The molecule has 0 aliphatic carbocycles. The monoisotopic (exact) mass is 317 g/mol. The summed E-state index contributed by atoms with van der Waals surface area (Å²) in [6.07, 6.45) is -0.528. The predicted octanol–water partition coefficient (Wildman–Crippen LogP) is 1.12. The molecule has 122 valence electrons. The molecule has 8 nitrogen and oxygen atoms in total. The molecule has 8 heteroatoms. The molecule has 5 N–H and O–H groups in total. The molecule has 2 rings (SSSR count). The lowest BCUT2D eigenvalue weighted by Crippen LogP contribution is -2.33. The van der Waals surface area contributed by atoms with E-state index in [2.05, 4.69) is 15.4 Å². The molecule has 0 spiro atoms. The Morgan fingerprint density at radius 3 is 2.39 bits per heavy atom. The fourth-order valence-corrected chi connectivity index (χ4v) is 2.18. The number of carbonyl (C=O) groups is 1. The zero-order chi connectivity index (χ0) is 17.0. The summed E-state index contributed by atoms with van der Waals surface area (Å²) in [6, 6.07) is 7.06. The number of hydrazine groups is 1. The van der Waals surface area contributed by atoms with Crippen LogP contribution in [0.25, 0.3) is 0 Å². The number of nitrogen functional groups attached to an aromatic ring is 2. The van der Waals surface area contributed by atoms with E-state index in [9.17, 15) is 4.79 Å². The number of aromatic nitrogens is 2. The number of hydrogen-bond acceptors (Lipinski definition) is 7. The Balaban J connectivity index is 2.33. The Hall–Kier alpha value is -2.87. The highest BCUT2D eigenvalue weighted by Crippen LogP contribution is 2.26. The molecule has 1 heterocycles. The van der Waals surface area contributed by atoms with Gasteiger partial charge in [-0.3, -0.25) is 10.2 Å². The SMILES string of the molecule is COc1ccc(OC(C)c2nc(N)nc(C)c2C(=O)NN)cc1. The highest BCUT2D eigenvalue weighted by molar-refractivity contribution is 5.96. The molecule has 0 aliphatic heterocycles. The maximum atomic E-state index is 12.0. The van der Waals surface area contributed by atoms with Gasteiger partial charge in [-0.1, -0.05) is 0 Å². The summed E-state index contributed by atoms with van der Waals surface area (Å²) in [5.41, 5.74) is 8.82. The van der Waals surface area contributed by atoms with Gasteiger partial charge in [-0.15, -0.1) is 0 Å². The van der Waals surface area contributed by atoms with E-state index in [0.29, 0.717) is 17.1 Å². The van der Waals surface area contributed by atoms with Crippen LogP contribution in [-0.4, -0.2) is 23.0 Å². The Kier molecular flexibility index (Phi) is 4.97. The van der Waals surface area contributed by atoms with Crippen molar-refractivity contribution in [3.05, 3.63) is 41.2 Å². The summed E-state index contributed by atoms with van der Waals surface area (Å²) in [5, 5.41) is 0. The summed E-state index contributed by atoms with van der Waals surface area (Å²) in [6.45, 7) is 3.42. The van der Waals surface area contributed by atoms with Crippen molar-refractivity contribution < 1.29 is 14.3 Å². The van der Waals surface area contributed by atoms with E-state index in [4.69, 9.17) is 21.1 Å². The molecule has 2 aromatic rings. The first kappa shape index (κ1) is 16.5. The molecule has 1 aromatic carbocycles. The largest absolute Gasteiger partial charge is 0.497 e. The van der Waals surface area contributed by atoms with Gasteiger partial charge in [0, 0.05) is 0 Å². The van der Waals surface area contributed by atoms with E-state index < -0.39 is 12.0 Å². The normalized spacial score (nSPS) is 11.7. The van der Waals surface area contributed by atoms with E-state index in [1.807, 2.05) is 0 Å². The third-order valence-corrected chi connectivity index (χ3v) is 3.25. The minimum absolute atomic E-state index is 0.0660. The molecule has 1 unspecified atom stereocenters. The number of rotatable bonds is 5. The first-order valence-electron chi connectivity index (χ1n) is 6.92. The molecule has 1 atom stereocenters. The summed E-state index contributed by atoms with van der Waals surface area (Å²) in [4.78, 5) is 20.1. The van der Waals surface area contributed by atoms with E-state index in [1.165, 1.54) is 0 Å². The minimum Gasteiger partial charge on any atom is -0.497 e. The van der Waals surface area contributed by atoms with E-state index in [0.717, 1.165) is 5.75 Å². The molecular weight excluding hydrogens is 298 g/mol. The standard InChI is InChI=1S/C15H19N5O3/c1-8-12(14(21)20-17)13(19-15(16)18-8)9(2)23-11-6-4-10(22-3)5-7-11/h4-7,9H,17H2,1-3H3,(H,20,21)(H2,16,18,19). The number of methoxy groups -OCH3 is 1. The highest BCUT2D eigenvalue weighted by Gasteiger charge is 2.23. The Morgan fingerprint density at radius 1 is 1.22 bits per heavy atom. The lowest BCUT2D eigenvalue weighted by molar-refractivity contribution is 0.0946. The molecule has 0 saturated heterocycles. The number of hydrogen-bond donors (Lipinski definition) is 3. The Morgan fingerprint density at radius 2 is 1.83 bits per heavy atom. The van der Waals surface area contributed by atoms with Crippen molar-refractivity contribution in [2.45, 2.75) is 20.0 Å². The van der Waals surface area contributed by atoms with Crippen LogP contribution in [-0.2, 0) is 0 Å². The van der Waals surface area contributed by atoms with E-state index >= 15 is 0 Å². The Bertz CT molecular complexity index is 703. The maximum Gasteiger partial charge on any atom is 0.269 e. The molecule has 23 heavy (non-hydrogen) atoms. The van der Waals surface area contributed by atoms with Crippen LogP contribution >= 0.6 is 0 Å². The zero-order valence-electron chi connectivity index (χ0n) is 13.2. The molecule has 0 bridgehead atoms.